The molecule has 0 aliphatic rings. The summed E-state index contributed by atoms with van der Waals surface area (Å²) in [7, 11) is 0. The summed E-state index contributed by atoms with van der Waals surface area (Å²) in [5.41, 5.74) is 0.114. The molecule has 0 unspecified atom stereocenters. The van der Waals surface area contributed by atoms with Crippen molar-refractivity contribution >= 4 is 28.6 Å². The maximum atomic E-state index is 13.1. The van der Waals surface area contributed by atoms with Crippen LogP contribution >= 0.6 is 22.6 Å². The molecule has 1 aromatic heterocycles. The van der Waals surface area contributed by atoms with Gasteiger partial charge in [-0.25, -0.2) is 14.2 Å². The molecule has 0 atom stereocenters. The van der Waals surface area contributed by atoms with Crippen LogP contribution in [0.5, 0.6) is 0 Å². The van der Waals surface area contributed by atoms with Crippen molar-refractivity contribution in [2.75, 3.05) is 0 Å². The quantitative estimate of drug-likeness (QED) is 0.799. The van der Waals surface area contributed by atoms with Gasteiger partial charge in [0, 0.05) is 6.20 Å². The first-order chi connectivity index (χ1) is 5.54. The number of aryl methyl sites for hydroxylation is 1. The molecule has 0 aromatic carbocycles. The topological polar surface area (TPSA) is 50.2 Å². The minimum atomic E-state index is -1.34. The SMILES string of the molecule is Cc1cnc(C(=O)O)c(F)c1I. The monoisotopic (exact) mass is 281 g/mol. The summed E-state index contributed by atoms with van der Waals surface area (Å²) in [6, 6.07) is 0. The third-order valence-electron chi connectivity index (χ3n) is 1.34. The molecule has 1 heterocycles. The third-order valence-corrected chi connectivity index (χ3v) is 2.66. The Balaban J connectivity index is 3.36. The Morgan fingerprint density at radius 3 is 2.83 bits per heavy atom. The molecule has 0 spiro atoms. The van der Waals surface area contributed by atoms with Crippen molar-refractivity contribution in [3.8, 4) is 0 Å². The number of nitrogens with zero attached hydrogens (tertiary/aromatic N) is 1. The first-order valence-corrected chi connectivity index (χ1v) is 4.15. The molecule has 0 aliphatic heterocycles. The van der Waals surface area contributed by atoms with Gasteiger partial charge in [-0.1, -0.05) is 0 Å². The first kappa shape index (κ1) is 9.37. The lowest BCUT2D eigenvalue weighted by Crippen LogP contribution is -2.06. The highest BCUT2D eigenvalue weighted by Crippen LogP contribution is 2.16. The summed E-state index contributed by atoms with van der Waals surface area (Å²) < 4.78 is 13.4. The molecular weight excluding hydrogens is 276 g/mol. The van der Waals surface area contributed by atoms with E-state index in [4.69, 9.17) is 5.11 Å². The number of aromatic carboxylic acids is 1. The zero-order valence-corrected chi connectivity index (χ0v) is 8.29. The molecular formula is C7H5FINO2. The van der Waals surface area contributed by atoms with Gasteiger partial charge in [0.2, 0.25) is 0 Å². The van der Waals surface area contributed by atoms with Crippen LogP contribution in [-0.4, -0.2) is 16.1 Å². The highest BCUT2D eigenvalue weighted by molar-refractivity contribution is 14.1. The molecule has 0 saturated carbocycles. The fourth-order valence-electron chi connectivity index (χ4n) is 0.701. The fraction of sp³-hybridized carbons (Fsp3) is 0.143. The number of halogens is 2. The Hall–Kier alpha value is -0.720. The van der Waals surface area contributed by atoms with E-state index in [1.54, 1.807) is 29.5 Å². The van der Waals surface area contributed by atoms with Gasteiger partial charge in [-0.2, -0.15) is 0 Å². The van der Waals surface area contributed by atoms with Gasteiger partial charge in [0.25, 0.3) is 0 Å². The van der Waals surface area contributed by atoms with E-state index in [9.17, 15) is 9.18 Å². The number of carbonyl (C=O) groups is 1. The number of aromatic nitrogens is 1. The Morgan fingerprint density at radius 1 is 1.75 bits per heavy atom. The molecule has 12 heavy (non-hydrogen) atoms. The van der Waals surface area contributed by atoms with Crippen LogP contribution in [0.15, 0.2) is 6.20 Å². The van der Waals surface area contributed by atoms with Crippen molar-refractivity contribution in [2.45, 2.75) is 6.92 Å². The van der Waals surface area contributed by atoms with Gasteiger partial charge in [0.1, 0.15) is 0 Å². The average molecular weight is 281 g/mol. The molecule has 1 rings (SSSR count). The number of rotatable bonds is 1. The molecule has 0 aliphatic carbocycles. The van der Waals surface area contributed by atoms with E-state index in [0.29, 0.717) is 9.13 Å². The summed E-state index contributed by atoms with van der Waals surface area (Å²) >= 11 is 1.75. The van der Waals surface area contributed by atoms with Crippen molar-refractivity contribution in [1.82, 2.24) is 4.98 Å². The Kier molecular flexibility index (Phi) is 2.61. The zero-order chi connectivity index (χ0) is 9.30. The number of carboxylic acid groups (broad SMARTS) is 1. The average Bonchev–Trinajstić information content (AvgIpc) is 2.00. The summed E-state index contributed by atoms with van der Waals surface area (Å²) in [5.74, 6) is -2.10. The molecule has 5 heteroatoms. The first-order valence-electron chi connectivity index (χ1n) is 3.08. The van der Waals surface area contributed by atoms with E-state index >= 15 is 0 Å². The lowest BCUT2D eigenvalue weighted by atomic mass is 10.2. The van der Waals surface area contributed by atoms with Gasteiger partial charge in [0.05, 0.1) is 3.57 Å². The molecule has 3 nitrogen and oxygen atoms in total. The second-order valence-electron chi connectivity index (χ2n) is 2.22. The number of hydrogen-bond acceptors (Lipinski definition) is 2. The molecule has 0 fully saturated rings. The van der Waals surface area contributed by atoms with Crippen LogP contribution in [0.25, 0.3) is 0 Å². The van der Waals surface area contributed by atoms with Crippen molar-refractivity contribution in [1.29, 1.82) is 0 Å². The van der Waals surface area contributed by atoms with E-state index in [-0.39, 0.29) is 0 Å². The van der Waals surface area contributed by atoms with Gasteiger partial charge in [-0.3, -0.25) is 0 Å². The lowest BCUT2D eigenvalue weighted by Gasteiger charge is -2.00. The van der Waals surface area contributed by atoms with Crippen LogP contribution < -0.4 is 0 Å². The summed E-state index contributed by atoms with van der Waals surface area (Å²) in [5, 5.41) is 8.48. The van der Waals surface area contributed by atoms with Gasteiger partial charge in [-0.05, 0) is 35.1 Å². The normalized spacial score (nSPS) is 9.92. The number of carboxylic acids is 1. The minimum absolute atomic E-state index is 0.306. The van der Waals surface area contributed by atoms with Crippen molar-refractivity contribution in [2.24, 2.45) is 0 Å². The number of pyridine rings is 1. The second-order valence-corrected chi connectivity index (χ2v) is 3.30. The molecule has 64 valence electrons. The van der Waals surface area contributed by atoms with Crippen LogP contribution in [0.4, 0.5) is 4.39 Å². The van der Waals surface area contributed by atoms with Crippen molar-refractivity contribution in [3.05, 3.63) is 26.8 Å². The smallest absolute Gasteiger partial charge is 0.357 e. The highest BCUT2D eigenvalue weighted by atomic mass is 127. The van der Waals surface area contributed by atoms with Crippen LogP contribution in [-0.2, 0) is 0 Å². The standard InChI is InChI=1S/C7H5FINO2/c1-3-2-10-6(7(11)12)4(8)5(3)9/h2H,1H3,(H,11,12). The predicted octanol–water partition coefficient (Wildman–Crippen LogP) is 1.83. The fourth-order valence-corrected chi connectivity index (χ4v) is 1.10. The van der Waals surface area contributed by atoms with Gasteiger partial charge < -0.3 is 5.11 Å². The van der Waals surface area contributed by atoms with Gasteiger partial charge >= 0.3 is 5.97 Å². The Labute approximate surface area is 81.8 Å². The van der Waals surface area contributed by atoms with E-state index in [1.807, 2.05) is 0 Å². The van der Waals surface area contributed by atoms with Crippen LogP contribution in [0, 0.1) is 16.3 Å². The van der Waals surface area contributed by atoms with E-state index in [0.717, 1.165) is 0 Å². The molecule has 0 amide bonds. The molecule has 1 N–H and O–H groups in total. The maximum Gasteiger partial charge on any atom is 0.357 e. The highest BCUT2D eigenvalue weighted by Gasteiger charge is 2.15. The number of hydrogen-bond donors (Lipinski definition) is 1. The lowest BCUT2D eigenvalue weighted by molar-refractivity contribution is 0.0684. The second kappa shape index (κ2) is 3.34. The zero-order valence-electron chi connectivity index (χ0n) is 6.14. The van der Waals surface area contributed by atoms with Gasteiger partial charge in [-0.15, -0.1) is 0 Å². The summed E-state index contributed by atoms with van der Waals surface area (Å²) in [6.45, 7) is 1.67. The Bertz CT molecular complexity index is 340. The molecule has 0 saturated heterocycles. The largest absolute Gasteiger partial charge is 0.476 e. The van der Waals surface area contributed by atoms with E-state index in [2.05, 4.69) is 4.98 Å². The Morgan fingerprint density at radius 2 is 2.33 bits per heavy atom. The van der Waals surface area contributed by atoms with Crippen LogP contribution in [0.2, 0.25) is 0 Å². The van der Waals surface area contributed by atoms with E-state index < -0.39 is 17.5 Å². The molecule has 0 radical (unpaired) electrons. The molecule has 1 aromatic rings. The predicted molar refractivity (Wildman–Crippen MR) is 48.6 cm³/mol. The van der Waals surface area contributed by atoms with Crippen molar-refractivity contribution < 1.29 is 14.3 Å². The minimum Gasteiger partial charge on any atom is -0.476 e. The van der Waals surface area contributed by atoms with Crippen LogP contribution in [0.3, 0.4) is 0 Å². The molecule has 0 bridgehead atoms. The maximum absolute atomic E-state index is 13.1. The van der Waals surface area contributed by atoms with E-state index in [1.165, 1.54) is 6.20 Å². The van der Waals surface area contributed by atoms with Crippen molar-refractivity contribution in [3.63, 3.8) is 0 Å². The third kappa shape index (κ3) is 1.55. The van der Waals surface area contributed by atoms with Crippen LogP contribution in [0.1, 0.15) is 16.1 Å². The summed E-state index contributed by atoms with van der Waals surface area (Å²) in [4.78, 5) is 13.8. The van der Waals surface area contributed by atoms with Gasteiger partial charge in [0.15, 0.2) is 11.5 Å². The summed E-state index contributed by atoms with van der Waals surface area (Å²) in [6.07, 6.45) is 1.34.